The van der Waals surface area contributed by atoms with Crippen LogP contribution in [-0.4, -0.2) is 15.7 Å². The third kappa shape index (κ3) is 3.22. The van der Waals surface area contributed by atoms with E-state index in [1.165, 1.54) is 11.1 Å². The molecule has 1 aromatic heterocycles. The van der Waals surface area contributed by atoms with E-state index >= 15 is 0 Å². The summed E-state index contributed by atoms with van der Waals surface area (Å²) in [5.41, 5.74) is 0.670. The Morgan fingerprint density at radius 1 is 1.79 bits per heavy atom. The zero-order valence-corrected chi connectivity index (χ0v) is 8.41. The Hall–Kier alpha value is -1.29. The highest BCUT2D eigenvalue weighted by molar-refractivity contribution is 6.16. The Labute approximate surface area is 87.1 Å². The number of allylic oxidation sites excluding steroid dienone is 1. The van der Waals surface area contributed by atoms with Crippen molar-refractivity contribution in [3.8, 4) is 0 Å². The molecule has 0 radical (unpaired) electrons. The molecule has 1 heterocycles. The zero-order chi connectivity index (χ0) is 10.4. The van der Waals surface area contributed by atoms with Crippen LogP contribution in [0.3, 0.4) is 0 Å². The van der Waals surface area contributed by atoms with Gasteiger partial charge in [-0.3, -0.25) is 0 Å². The van der Waals surface area contributed by atoms with Gasteiger partial charge in [-0.2, -0.15) is 4.73 Å². The van der Waals surface area contributed by atoms with Gasteiger partial charge in [0.05, 0.1) is 24.2 Å². The third-order valence-corrected chi connectivity index (χ3v) is 1.78. The summed E-state index contributed by atoms with van der Waals surface area (Å²) in [5, 5.41) is 0. The maximum atomic E-state index is 11.1. The highest BCUT2D eigenvalue weighted by Gasteiger charge is 2.04. The molecule has 0 aliphatic rings. The molecule has 0 N–H and O–H groups in total. The first kappa shape index (κ1) is 10.8. The van der Waals surface area contributed by atoms with Crippen molar-refractivity contribution < 1.29 is 9.63 Å². The van der Waals surface area contributed by atoms with Gasteiger partial charge in [0, 0.05) is 0 Å². The first-order valence-corrected chi connectivity index (χ1v) is 4.70. The van der Waals surface area contributed by atoms with Crippen molar-refractivity contribution in [2.75, 3.05) is 0 Å². The molecule has 0 fully saturated rings. The molecule has 0 saturated carbocycles. The molecular formula is C9H11ClN2O2. The SMILES string of the molecule is C=CCCC(=O)On1cnc(CCl)c1. The molecule has 0 amide bonds. The van der Waals surface area contributed by atoms with E-state index in [-0.39, 0.29) is 5.97 Å². The third-order valence-electron chi connectivity index (χ3n) is 1.51. The Morgan fingerprint density at radius 3 is 3.14 bits per heavy atom. The number of carbonyl (C=O) groups is 1. The summed E-state index contributed by atoms with van der Waals surface area (Å²) in [6.45, 7) is 3.51. The van der Waals surface area contributed by atoms with Gasteiger partial charge in [0.1, 0.15) is 6.33 Å². The summed E-state index contributed by atoms with van der Waals surface area (Å²) in [5.74, 6) is -0.0135. The number of hydrogen-bond acceptors (Lipinski definition) is 3. The minimum Gasteiger partial charge on any atom is -0.336 e. The Balaban J connectivity index is 2.43. The fourth-order valence-electron chi connectivity index (χ4n) is 0.847. The molecule has 76 valence electrons. The number of hydrogen-bond donors (Lipinski definition) is 0. The Kier molecular flexibility index (Phi) is 4.19. The normalized spacial score (nSPS) is 9.79. The average Bonchev–Trinajstić information content (AvgIpc) is 2.62. The van der Waals surface area contributed by atoms with E-state index in [2.05, 4.69) is 11.6 Å². The molecule has 0 atom stereocenters. The van der Waals surface area contributed by atoms with Crippen molar-refractivity contribution in [1.82, 2.24) is 9.71 Å². The van der Waals surface area contributed by atoms with Gasteiger partial charge < -0.3 is 4.84 Å². The van der Waals surface area contributed by atoms with Crippen LogP contribution >= 0.6 is 11.6 Å². The van der Waals surface area contributed by atoms with E-state index in [9.17, 15) is 4.79 Å². The summed E-state index contributed by atoms with van der Waals surface area (Å²) in [4.78, 5) is 19.9. The van der Waals surface area contributed by atoms with Gasteiger partial charge in [0.2, 0.25) is 0 Å². The van der Waals surface area contributed by atoms with E-state index in [0.717, 1.165) is 0 Å². The Morgan fingerprint density at radius 2 is 2.57 bits per heavy atom. The van der Waals surface area contributed by atoms with Gasteiger partial charge in [-0.15, -0.1) is 18.2 Å². The van der Waals surface area contributed by atoms with Gasteiger partial charge in [0.25, 0.3) is 0 Å². The maximum Gasteiger partial charge on any atom is 0.333 e. The second-order valence-corrected chi connectivity index (χ2v) is 2.92. The molecule has 0 aliphatic heterocycles. The topological polar surface area (TPSA) is 44.1 Å². The summed E-state index contributed by atoms with van der Waals surface area (Å²) < 4.78 is 1.25. The standard InChI is InChI=1S/C9H11ClN2O2/c1-2-3-4-9(13)14-12-6-8(5-10)11-7-12/h2,6-7H,1,3-5H2. The fourth-order valence-corrected chi connectivity index (χ4v) is 0.985. The summed E-state index contributed by atoms with van der Waals surface area (Å²) in [6, 6.07) is 0. The zero-order valence-electron chi connectivity index (χ0n) is 7.65. The van der Waals surface area contributed by atoms with Crippen LogP contribution < -0.4 is 4.84 Å². The molecule has 0 bridgehead atoms. The molecular weight excluding hydrogens is 204 g/mol. The maximum absolute atomic E-state index is 11.1. The molecule has 0 unspecified atom stereocenters. The van der Waals surface area contributed by atoms with Gasteiger partial charge in [0.15, 0.2) is 0 Å². The van der Waals surface area contributed by atoms with Gasteiger partial charge in [-0.25, -0.2) is 9.78 Å². The van der Waals surface area contributed by atoms with E-state index in [1.807, 2.05) is 0 Å². The van der Waals surface area contributed by atoms with Gasteiger partial charge in [-0.1, -0.05) is 6.08 Å². The second-order valence-electron chi connectivity index (χ2n) is 2.65. The van der Waals surface area contributed by atoms with Crippen LogP contribution in [0.1, 0.15) is 18.5 Å². The number of carbonyl (C=O) groups excluding carboxylic acids is 1. The number of halogens is 1. The average molecular weight is 215 g/mol. The smallest absolute Gasteiger partial charge is 0.333 e. The van der Waals surface area contributed by atoms with Crippen LogP contribution in [0.5, 0.6) is 0 Å². The highest BCUT2D eigenvalue weighted by atomic mass is 35.5. The monoisotopic (exact) mass is 214 g/mol. The van der Waals surface area contributed by atoms with Crippen molar-refractivity contribution in [2.45, 2.75) is 18.7 Å². The van der Waals surface area contributed by atoms with E-state index in [4.69, 9.17) is 16.4 Å². The van der Waals surface area contributed by atoms with Crippen LogP contribution in [0, 0.1) is 0 Å². The van der Waals surface area contributed by atoms with Crippen LogP contribution in [-0.2, 0) is 10.7 Å². The van der Waals surface area contributed by atoms with Crippen molar-refractivity contribution in [2.24, 2.45) is 0 Å². The Bertz CT molecular complexity index is 322. The minimum absolute atomic E-state index is 0.303. The van der Waals surface area contributed by atoms with Crippen molar-refractivity contribution in [1.29, 1.82) is 0 Å². The van der Waals surface area contributed by atoms with Crippen LogP contribution in [0.2, 0.25) is 0 Å². The van der Waals surface area contributed by atoms with Crippen molar-refractivity contribution in [3.05, 3.63) is 30.9 Å². The predicted molar refractivity (Wildman–Crippen MR) is 52.8 cm³/mol. The van der Waals surface area contributed by atoms with E-state index in [1.54, 1.807) is 12.3 Å². The molecule has 1 rings (SSSR count). The molecule has 1 aromatic rings. The molecule has 0 spiro atoms. The predicted octanol–water partition coefficient (Wildman–Crippen LogP) is 1.54. The number of nitrogens with zero attached hydrogens (tertiary/aromatic N) is 2. The lowest BCUT2D eigenvalue weighted by atomic mass is 10.3. The molecule has 14 heavy (non-hydrogen) atoms. The molecule has 5 heteroatoms. The quantitative estimate of drug-likeness (QED) is 0.552. The molecule has 0 aliphatic carbocycles. The first-order valence-electron chi connectivity index (χ1n) is 4.17. The second kappa shape index (κ2) is 5.44. The summed E-state index contributed by atoms with van der Waals surface area (Å²) >= 11 is 5.53. The molecule has 0 saturated heterocycles. The van der Waals surface area contributed by atoms with Gasteiger partial charge in [-0.05, 0) is 6.42 Å². The number of aromatic nitrogens is 2. The lowest BCUT2D eigenvalue weighted by Gasteiger charge is -2.01. The largest absolute Gasteiger partial charge is 0.336 e. The number of imidazole rings is 1. The first-order chi connectivity index (χ1) is 6.76. The van der Waals surface area contributed by atoms with Crippen molar-refractivity contribution >= 4 is 17.6 Å². The van der Waals surface area contributed by atoms with Gasteiger partial charge >= 0.3 is 5.97 Å². The van der Waals surface area contributed by atoms with E-state index < -0.39 is 0 Å². The summed E-state index contributed by atoms with van der Waals surface area (Å²) in [6.07, 6.45) is 5.56. The minimum atomic E-state index is -0.316. The molecule has 4 nitrogen and oxygen atoms in total. The lowest BCUT2D eigenvalue weighted by molar-refractivity contribution is -0.144. The summed E-state index contributed by atoms with van der Waals surface area (Å²) in [7, 11) is 0. The number of alkyl halides is 1. The fraction of sp³-hybridized carbons (Fsp3) is 0.333. The van der Waals surface area contributed by atoms with E-state index in [0.29, 0.717) is 24.4 Å². The molecule has 0 aromatic carbocycles. The van der Waals surface area contributed by atoms with Crippen LogP contribution in [0.25, 0.3) is 0 Å². The highest BCUT2D eigenvalue weighted by Crippen LogP contribution is 1.99. The van der Waals surface area contributed by atoms with Crippen LogP contribution in [0.4, 0.5) is 0 Å². The lowest BCUT2D eigenvalue weighted by Crippen LogP contribution is -2.17. The number of rotatable bonds is 5. The van der Waals surface area contributed by atoms with Crippen LogP contribution in [0.15, 0.2) is 25.2 Å². The van der Waals surface area contributed by atoms with Crippen molar-refractivity contribution in [3.63, 3.8) is 0 Å².